The zero-order valence-corrected chi connectivity index (χ0v) is 10.8. The molecule has 1 amide bonds. The van der Waals surface area contributed by atoms with Gasteiger partial charge < -0.3 is 4.90 Å². The van der Waals surface area contributed by atoms with E-state index in [1.807, 2.05) is 25.1 Å². The van der Waals surface area contributed by atoms with E-state index in [1.54, 1.807) is 18.0 Å². The van der Waals surface area contributed by atoms with E-state index in [1.165, 1.54) is 6.33 Å². The standard InChI is InChI=1S/C12H13ClN4O/c1-8(9-5-3-4-6-10(9)13)17(2)12(18)11-14-7-15-16-11/h3-8H,1-2H3,(H,14,15,16). The topological polar surface area (TPSA) is 61.9 Å². The van der Waals surface area contributed by atoms with Crippen LogP contribution in [-0.2, 0) is 0 Å². The molecule has 2 aromatic rings. The number of amides is 1. The first-order valence-electron chi connectivity index (χ1n) is 5.48. The average Bonchev–Trinajstić information content (AvgIpc) is 2.90. The SMILES string of the molecule is CC(c1ccccc1Cl)N(C)C(=O)c1ncn[nH]1. The zero-order chi connectivity index (χ0) is 13.1. The van der Waals surface area contributed by atoms with Gasteiger partial charge in [-0.2, -0.15) is 5.10 Å². The molecule has 0 fully saturated rings. The third kappa shape index (κ3) is 2.36. The molecule has 0 saturated heterocycles. The van der Waals surface area contributed by atoms with Crippen LogP contribution < -0.4 is 0 Å². The number of carbonyl (C=O) groups excluding carboxylic acids is 1. The van der Waals surface area contributed by atoms with E-state index < -0.39 is 0 Å². The summed E-state index contributed by atoms with van der Waals surface area (Å²) in [5.41, 5.74) is 0.898. The minimum Gasteiger partial charge on any atom is -0.332 e. The van der Waals surface area contributed by atoms with Crippen LogP contribution >= 0.6 is 11.6 Å². The summed E-state index contributed by atoms with van der Waals surface area (Å²) in [4.78, 5) is 17.5. The Labute approximate surface area is 110 Å². The molecule has 0 saturated carbocycles. The Morgan fingerprint density at radius 1 is 1.44 bits per heavy atom. The number of halogens is 1. The third-order valence-corrected chi connectivity index (χ3v) is 3.22. The van der Waals surface area contributed by atoms with Crippen molar-refractivity contribution < 1.29 is 4.79 Å². The van der Waals surface area contributed by atoms with Crippen LogP contribution in [0.5, 0.6) is 0 Å². The van der Waals surface area contributed by atoms with Crippen molar-refractivity contribution in [2.24, 2.45) is 0 Å². The summed E-state index contributed by atoms with van der Waals surface area (Å²) < 4.78 is 0. The fraction of sp³-hybridized carbons (Fsp3) is 0.250. The Morgan fingerprint density at radius 2 is 2.17 bits per heavy atom. The van der Waals surface area contributed by atoms with Crippen LogP contribution in [0.2, 0.25) is 5.02 Å². The molecule has 2 rings (SSSR count). The molecule has 1 unspecified atom stereocenters. The first-order valence-corrected chi connectivity index (χ1v) is 5.86. The van der Waals surface area contributed by atoms with E-state index in [0.717, 1.165) is 5.56 Å². The molecular formula is C12H13ClN4O. The second-order valence-electron chi connectivity index (χ2n) is 3.95. The molecule has 94 valence electrons. The maximum absolute atomic E-state index is 12.1. The van der Waals surface area contributed by atoms with Gasteiger partial charge in [-0.05, 0) is 18.6 Å². The zero-order valence-electron chi connectivity index (χ0n) is 10.1. The Morgan fingerprint density at radius 3 is 2.78 bits per heavy atom. The summed E-state index contributed by atoms with van der Waals surface area (Å²) in [6.45, 7) is 1.91. The van der Waals surface area contributed by atoms with Gasteiger partial charge in [0.2, 0.25) is 5.82 Å². The van der Waals surface area contributed by atoms with E-state index in [2.05, 4.69) is 15.2 Å². The predicted molar refractivity (Wildman–Crippen MR) is 68.3 cm³/mol. The number of aromatic amines is 1. The van der Waals surface area contributed by atoms with Crippen LogP contribution in [0.25, 0.3) is 0 Å². The maximum Gasteiger partial charge on any atom is 0.291 e. The highest BCUT2D eigenvalue weighted by Crippen LogP contribution is 2.26. The van der Waals surface area contributed by atoms with Crippen molar-refractivity contribution in [2.75, 3.05) is 7.05 Å². The lowest BCUT2D eigenvalue weighted by atomic mass is 10.1. The smallest absolute Gasteiger partial charge is 0.291 e. The molecule has 0 aliphatic carbocycles. The van der Waals surface area contributed by atoms with Crippen molar-refractivity contribution in [3.8, 4) is 0 Å². The molecule has 0 spiro atoms. The number of nitrogens with zero attached hydrogens (tertiary/aromatic N) is 3. The quantitative estimate of drug-likeness (QED) is 0.925. The van der Waals surface area contributed by atoms with Crippen LogP contribution in [0.3, 0.4) is 0 Å². The summed E-state index contributed by atoms with van der Waals surface area (Å²) in [5.74, 6) is -0.00340. The molecule has 18 heavy (non-hydrogen) atoms. The van der Waals surface area contributed by atoms with Gasteiger partial charge in [-0.25, -0.2) is 4.98 Å². The van der Waals surface area contributed by atoms with Crippen molar-refractivity contribution in [1.82, 2.24) is 20.1 Å². The van der Waals surface area contributed by atoms with Gasteiger partial charge in [-0.3, -0.25) is 9.89 Å². The molecule has 0 aliphatic heterocycles. The summed E-state index contributed by atoms with van der Waals surface area (Å²) >= 11 is 6.12. The van der Waals surface area contributed by atoms with Crippen LogP contribution in [-0.4, -0.2) is 33.0 Å². The lowest BCUT2D eigenvalue weighted by molar-refractivity contribution is 0.0731. The normalized spacial score (nSPS) is 12.2. The highest BCUT2D eigenvalue weighted by molar-refractivity contribution is 6.31. The van der Waals surface area contributed by atoms with Crippen LogP contribution in [0, 0.1) is 0 Å². The molecular weight excluding hydrogens is 252 g/mol. The number of hydrogen-bond donors (Lipinski definition) is 1. The van der Waals surface area contributed by atoms with E-state index >= 15 is 0 Å². The average molecular weight is 265 g/mol. The van der Waals surface area contributed by atoms with E-state index in [4.69, 9.17) is 11.6 Å². The molecule has 1 atom stereocenters. The second-order valence-corrected chi connectivity index (χ2v) is 4.35. The Bertz CT molecular complexity index is 541. The minimum absolute atomic E-state index is 0.142. The highest BCUT2D eigenvalue weighted by Gasteiger charge is 2.22. The number of aromatic nitrogens is 3. The Kier molecular flexibility index (Phi) is 3.62. The van der Waals surface area contributed by atoms with Gasteiger partial charge in [0.05, 0.1) is 6.04 Å². The lowest BCUT2D eigenvalue weighted by Gasteiger charge is -2.25. The number of nitrogens with one attached hydrogen (secondary N) is 1. The van der Waals surface area contributed by atoms with Crippen molar-refractivity contribution >= 4 is 17.5 Å². The Balaban J connectivity index is 2.22. The van der Waals surface area contributed by atoms with Crippen molar-refractivity contribution in [3.63, 3.8) is 0 Å². The van der Waals surface area contributed by atoms with E-state index in [0.29, 0.717) is 5.02 Å². The van der Waals surface area contributed by atoms with Gasteiger partial charge in [0.15, 0.2) is 0 Å². The van der Waals surface area contributed by atoms with Crippen LogP contribution in [0.1, 0.15) is 29.1 Å². The fourth-order valence-corrected chi connectivity index (χ4v) is 1.97. The third-order valence-electron chi connectivity index (χ3n) is 2.87. The van der Waals surface area contributed by atoms with E-state index in [-0.39, 0.29) is 17.8 Å². The summed E-state index contributed by atoms with van der Waals surface area (Å²) in [7, 11) is 1.71. The number of carbonyl (C=O) groups is 1. The molecule has 6 heteroatoms. The molecule has 0 aliphatic rings. The fourth-order valence-electron chi connectivity index (χ4n) is 1.67. The number of H-pyrrole nitrogens is 1. The summed E-state index contributed by atoms with van der Waals surface area (Å²) in [6, 6.07) is 7.31. The van der Waals surface area contributed by atoms with Crippen molar-refractivity contribution in [2.45, 2.75) is 13.0 Å². The highest BCUT2D eigenvalue weighted by atomic mass is 35.5. The summed E-state index contributed by atoms with van der Waals surface area (Å²) in [5, 5.41) is 6.86. The molecule has 0 bridgehead atoms. The number of rotatable bonds is 3. The molecule has 0 radical (unpaired) electrons. The molecule has 1 N–H and O–H groups in total. The first-order chi connectivity index (χ1) is 8.61. The summed E-state index contributed by atoms with van der Waals surface area (Å²) in [6.07, 6.45) is 1.31. The molecule has 5 nitrogen and oxygen atoms in total. The van der Waals surface area contributed by atoms with Crippen molar-refractivity contribution in [1.29, 1.82) is 0 Å². The second kappa shape index (κ2) is 5.18. The number of hydrogen-bond acceptors (Lipinski definition) is 3. The van der Waals surface area contributed by atoms with Gasteiger partial charge in [0.1, 0.15) is 6.33 Å². The van der Waals surface area contributed by atoms with Gasteiger partial charge in [0, 0.05) is 12.1 Å². The first kappa shape index (κ1) is 12.6. The van der Waals surface area contributed by atoms with Gasteiger partial charge >= 0.3 is 0 Å². The maximum atomic E-state index is 12.1. The van der Waals surface area contributed by atoms with Gasteiger partial charge in [-0.15, -0.1) is 0 Å². The monoisotopic (exact) mass is 264 g/mol. The largest absolute Gasteiger partial charge is 0.332 e. The van der Waals surface area contributed by atoms with E-state index in [9.17, 15) is 4.79 Å². The Hall–Kier alpha value is -1.88. The van der Waals surface area contributed by atoms with Crippen LogP contribution in [0.15, 0.2) is 30.6 Å². The lowest BCUT2D eigenvalue weighted by Crippen LogP contribution is -2.30. The predicted octanol–water partition coefficient (Wildman–Crippen LogP) is 2.29. The molecule has 1 heterocycles. The van der Waals surface area contributed by atoms with Gasteiger partial charge in [0.25, 0.3) is 5.91 Å². The van der Waals surface area contributed by atoms with Crippen LogP contribution in [0.4, 0.5) is 0 Å². The molecule has 1 aromatic carbocycles. The molecule has 1 aromatic heterocycles. The minimum atomic E-state index is -0.222. The van der Waals surface area contributed by atoms with Crippen molar-refractivity contribution in [3.05, 3.63) is 47.0 Å². The number of benzene rings is 1. The van der Waals surface area contributed by atoms with Gasteiger partial charge in [-0.1, -0.05) is 29.8 Å².